The van der Waals surface area contributed by atoms with Gasteiger partial charge in [-0.1, -0.05) is 0 Å². The van der Waals surface area contributed by atoms with Crippen molar-refractivity contribution < 1.29 is 4.74 Å². The van der Waals surface area contributed by atoms with Crippen molar-refractivity contribution in [3.63, 3.8) is 0 Å². The predicted octanol–water partition coefficient (Wildman–Crippen LogP) is 0.478. The molecule has 1 aliphatic heterocycles. The molecule has 20 heavy (non-hydrogen) atoms. The number of nitrogens with two attached hydrogens (primary N) is 1. The zero-order valence-corrected chi connectivity index (χ0v) is 13.1. The zero-order chi connectivity index (χ0) is 14.5. The van der Waals surface area contributed by atoms with Crippen molar-refractivity contribution in [1.29, 1.82) is 0 Å². The number of thioether (sulfide) groups is 1. The molecule has 0 saturated carbocycles. The Kier molecular flexibility index (Phi) is 5.24. The Morgan fingerprint density at radius 1 is 1.35 bits per heavy atom. The zero-order valence-electron chi connectivity index (χ0n) is 12.2. The lowest BCUT2D eigenvalue weighted by atomic mass is 10.3. The minimum Gasteiger partial charge on any atom is -0.378 e. The van der Waals surface area contributed by atoms with Crippen LogP contribution in [0.5, 0.6) is 0 Å². The number of hydrogen-bond donors (Lipinski definition) is 1. The van der Waals surface area contributed by atoms with Gasteiger partial charge in [0.25, 0.3) is 0 Å². The Hall–Kier alpha value is -1.28. The van der Waals surface area contributed by atoms with E-state index in [9.17, 15) is 0 Å². The Labute approximate surface area is 123 Å². The van der Waals surface area contributed by atoms with Crippen molar-refractivity contribution in [1.82, 2.24) is 15.0 Å². The standard InChI is InChI=1S/C12H22N6OS/c1-9(8-20-3)17(2)11-14-10(13)15-12(16-11)18-4-6-19-7-5-18/h9H,4-8H2,1-3H3,(H2,13,14,15,16). The van der Waals surface area contributed by atoms with Gasteiger partial charge < -0.3 is 20.3 Å². The van der Waals surface area contributed by atoms with E-state index in [-0.39, 0.29) is 5.95 Å². The molecule has 0 spiro atoms. The van der Waals surface area contributed by atoms with Crippen LogP contribution in [0, 0.1) is 0 Å². The lowest BCUT2D eigenvalue weighted by molar-refractivity contribution is 0.122. The number of ether oxygens (including phenoxy) is 1. The number of nitrogen functional groups attached to an aromatic ring is 1. The molecule has 0 bridgehead atoms. The summed E-state index contributed by atoms with van der Waals surface area (Å²) in [5.41, 5.74) is 5.83. The normalized spacial score (nSPS) is 17.1. The summed E-state index contributed by atoms with van der Waals surface area (Å²) < 4.78 is 5.34. The SMILES string of the molecule is CSCC(C)N(C)c1nc(N)nc(N2CCOCC2)n1. The van der Waals surface area contributed by atoms with E-state index in [1.54, 1.807) is 11.8 Å². The summed E-state index contributed by atoms with van der Waals surface area (Å²) in [7, 11) is 1.98. The van der Waals surface area contributed by atoms with Crippen molar-refractivity contribution in [2.75, 3.05) is 60.9 Å². The molecule has 1 aromatic heterocycles. The monoisotopic (exact) mass is 298 g/mol. The number of hydrogen-bond acceptors (Lipinski definition) is 8. The van der Waals surface area contributed by atoms with Gasteiger partial charge >= 0.3 is 0 Å². The summed E-state index contributed by atoms with van der Waals surface area (Å²) in [6, 6.07) is 0.337. The molecule has 1 aromatic rings. The number of aromatic nitrogens is 3. The van der Waals surface area contributed by atoms with Crippen molar-refractivity contribution in [2.24, 2.45) is 0 Å². The summed E-state index contributed by atoms with van der Waals surface area (Å²) >= 11 is 1.80. The molecule has 112 valence electrons. The summed E-state index contributed by atoms with van der Waals surface area (Å²) in [6.45, 7) is 5.10. The van der Waals surface area contributed by atoms with Crippen molar-refractivity contribution >= 4 is 29.6 Å². The van der Waals surface area contributed by atoms with Crippen LogP contribution in [0.4, 0.5) is 17.8 Å². The first-order chi connectivity index (χ1) is 9.61. The van der Waals surface area contributed by atoms with Gasteiger partial charge in [0.1, 0.15) is 0 Å². The molecule has 0 amide bonds. The Morgan fingerprint density at radius 2 is 2.05 bits per heavy atom. The van der Waals surface area contributed by atoms with E-state index in [1.807, 2.05) is 11.9 Å². The topological polar surface area (TPSA) is 80.4 Å². The quantitative estimate of drug-likeness (QED) is 0.840. The first-order valence-electron chi connectivity index (χ1n) is 6.68. The van der Waals surface area contributed by atoms with Crippen LogP contribution in [0.25, 0.3) is 0 Å². The molecule has 0 aromatic carbocycles. The molecule has 1 saturated heterocycles. The molecule has 2 heterocycles. The van der Waals surface area contributed by atoms with Gasteiger partial charge in [-0.15, -0.1) is 0 Å². The average molecular weight is 298 g/mol. The summed E-state index contributed by atoms with van der Waals surface area (Å²) in [6.07, 6.45) is 2.09. The highest BCUT2D eigenvalue weighted by Crippen LogP contribution is 2.17. The van der Waals surface area contributed by atoms with Crippen LogP contribution in [-0.2, 0) is 4.74 Å². The molecule has 1 atom stereocenters. The van der Waals surface area contributed by atoms with E-state index in [0.29, 0.717) is 31.2 Å². The molecule has 0 aliphatic carbocycles. The van der Waals surface area contributed by atoms with Gasteiger partial charge in [-0.3, -0.25) is 0 Å². The van der Waals surface area contributed by atoms with Crippen molar-refractivity contribution in [2.45, 2.75) is 13.0 Å². The minimum absolute atomic E-state index is 0.264. The number of rotatable bonds is 5. The first kappa shape index (κ1) is 15.1. The van der Waals surface area contributed by atoms with E-state index < -0.39 is 0 Å². The highest BCUT2D eigenvalue weighted by molar-refractivity contribution is 7.98. The highest BCUT2D eigenvalue weighted by Gasteiger charge is 2.19. The molecule has 1 fully saturated rings. The first-order valence-corrected chi connectivity index (χ1v) is 8.07. The molecule has 0 radical (unpaired) electrons. The third-order valence-corrected chi connectivity index (χ3v) is 4.12. The molecule has 2 N–H and O–H groups in total. The summed E-state index contributed by atoms with van der Waals surface area (Å²) in [4.78, 5) is 17.2. The molecule has 1 aliphatic rings. The van der Waals surface area contributed by atoms with Gasteiger partial charge in [0.2, 0.25) is 17.8 Å². The van der Waals surface area contributed by atoms with E-state index in [2.05, 4.69) is 33.0 Å². The van der Waals surface area contributed by atoms with Crippen LogP contribution in [0.15, 0.2) is 0 Å². The van der Waals surface area contributed by atoms with Gasteiger partial charge in [-0.05, 0) is 13.2 Å². The van der Waals surface area contributed by atoms with Gasteiger partial charge in [0.15, 0.2) is 0 Å². The lowest BCUT2D eigenvalue weighted by Gasteiger charge is -2.29. The van der Waals surface area contributed by atoms with Gasteiger partial charge in [-0.25, -0.2) is 0 Å². The highest BCUT2D eigenvalue weighted by atomic mass is 32.2. The van der Waals surface area contributed by atoms with Crippen LogP contribution < -0.4 is 15.5 Å². The fraction of sp³-hybridized carbons (Fsp3) is 0.750. The van der Waals surface area contributed by atoms with Crippen LogP contribution in [0.2, 0.25) is 0 Å². The predicted molar refractivity (Wildman–Crippen MR) is 83.5 cm³/mol. The van der Waals surface area contributed by atoms with Crippen LogP contribution in [0.3, 0.4) is 0 Å². The second-order valence-corrected chi connectivity index (χ2v) is 5.72. The Morgan fingerprint density at radius 3 is 2.70 bits per heavy atom. The molecular formula is C12H22N6OS. The number of morpholine rings is 1. The Bertz CT molecular complexity index is 440. The Balaban J connectivity index is 2.19. The van der Waals surface area contributed by atoms with Crippen LogP contribution in [-0.4, -0.2) is 66.4 Å². The third-order valence-electron chi connectivity index (χ3n) is 3.31. The van der Waals surface area contributed by atoms with Crippen LogP contribution >= 0.6 is 11.8 Å². The largest absolute Gasteiger partial charge is 0.378 e. The van der Waals surface area contributed by atoms with E-state index in [0.717, 1.165) is 18.8 Å². The van der Waals surface area contributed by atoms with E-state index in [4.69, 9.17) is 10.5 Å². The minimum atomic E-state index is 0.264. The van der Waals surface area contributed by atoms with Gasteiger partial charge in [0.05, 0.1) is 13.2 Å². The summed E-state index contributed by atoms with van der Waals surface area (Å²) in [5.74, 6) is 2.54. The second-order valence-electron chi connectivity index (χ2n) is 4.81. The maximum Gasteiger partial charge on any atom is 0.232 e. The van der Waals surface area contributed by atoms with Crippen molar-refractivity contribution in [3.8, 4) is 0 Å². The second kappa shape index (κ2) is 6.94. The fourth-order valence-electron chi connectivity index (χ4n) is 1.98. The average Bonchev–Trinajstić information content (AvgIpc) is 2.47. The van der Waals surface area contributed by atoms with E-state index in [1.165, 1.54) is 0 Å². The lowest BCUT2D eigenvalue weighted by Crippen LogP contribution is -2.38. The maximum atomic E-state index is 5.83. The molecule has 2 rings (SSSR count). The van der Waals surface area contributed by atoms with E-state index >= 15 is 0 Å². The van der Waals surface area contributed by atoms with Crippen LogP contribution in [0.1, 0.15) is 6.92 Å². The van der Waals surface area contributed by atoms with Gasteiger partial charge in [-0.2, -0.15) is 26.7 Å². The maximum absolute atomic E-state index is 5.83. The fourth-order valence-corrected chi connectivity index (χ4v) is 2.69. The molecule has 1 unspecified atom stereocenters. The number of nitrogens with zero attached hydrogens (tertiary/aromatic N) is 5. The number of anilines is 3. The summed E-state index contributed by atoms with van der Waals surface area (Å²) in [5, 5.41) is 0. The molecule has 7 nitrogen and oxygen atoms in total. The molecule has 8 heteroatoms. The smallest absolute Gasteiger partial charge is 0.232 e. The molecular weight excluding hydrogens is 276 g/mol. The third kappa shape index (κ3) is 3.63. The van der Waals surface area contributed by atoms with Gasteiger partial charge in [0, 0.05) is 31.9 Å². The van der Waals surface area contributed by atoms with Crippen molar-refractivity contribution in [3.05, 3.63) is 0 Å².